The summed E-state index contributed by atoms with van der Waals surface area (Å²) in [6, 6.07) is 13.1. The molecule has 0 aliphatic rings. The summed E-state index contributed by atoms with van der Waals surface area (Å²) in [7, 11) is 0. The van der Waals surface area contributed by atoms with Crippen molar-refractivity contribution >= 4 is 15.9 Å². The average molecular weight is 373 g/mol. The van der Waals surface area contributed by atoms with Crippen molar-refractivity contribution in [1.29, 1.82) is 0 Å². The Morgan fingerprint density at radius 1 is 1.04 bits per heavy atom. The normalized spacial score (nSPS) is 11.0. The van der Waals surface area contributed by atoms with Gasteiger partial charge in [-0.1, -0.05) is 35.5 Å². The molecule has 4 aromatic rings. The molecule has 114 valence electrons. The van der Waals surface area contributed by atoms with Crippen molar-refractivity contribution < 1.29 is 8.94 Å². The van der Waals surface area contributed by atoms with E-state index >= 15 is 0 Å². The van der Waals surface area contributed by atoms with Crippen LogP contribution in [0.4, 0.5) is 0 Å². The van der Waals surface area contributed by atoms with Crippen LogP contribution in [0.5, 0.6) is 0 Å². The molecule has 23 heavy (non-hydrogen) atoms. The largest absolute Gasteiger partial charge is 0.446 e. The molecule has 0 atom stereocenters. The van der Waals surface area contributed by atoms with Crippen molar-refractivity contribution in [3.63, 3.8) is 0 Å². The first-order chi connectivity index (χ1) is 11.3. The standard InChI is InChI=1S/C14H9BrN6O2/c15-11-7-6-10(22-11)14-16-12(23-19-14)8-21-18-13(17-20-21)9-4-2-1-3-5-9/h1-7H,8H2. The Balaban J connectivity index is 1.53. The Morgan fingerprint density at radius 3 is 2.70 bits per heavy atom. The zero-order valence-electron chi connectivity index (χ0n) is 11.6. The SMILES string of the molecule is Brc1ccc(-c2noc(Cn3nnc(-c4ccccc4)n3)n2)o1. The number of nitrogens with zero attached hydrogens (tertiary/aromatic N) is 6. The van der Waals surface area contributed by atoms with Crippen LogP contribution >= 0.6 is 15.9 Å². The first kappa shape index (κ1) is 13.8. The fraction of sp³-hybridized carbons (Fsp3) is 0.0714. The van der Waals surface area contributed by atoms with Gasteiger partial charge in [0.15, 0.2) is 10.4 Å². The minimum atomic E-state index is 0.231. The lowest BCUT2D eigenvalue weighted by molar-refractivity contribution is 0.355. The minimum Gasteiger partial charge on any atom is -0.446 e. The number of benzene rings is 1. The maximum Gasteiger partial charge on any atom is 0.250 e. The van der Waals surface area contributed by atoms with E-state index in [0.29, 0.717) is 28.0 Å². The molecule has 8 nitrogen and oxygen atoms in total. The Labute approximate surface area is 138 Å². The van der Waals surface area contributed by atoms with Gasteiger partial charge in [0, 0.05) is 5.56 Å². The van der Waals surface area contributed by atoms with Gasteiger partial charge in [-0.05, 0) is 33.3 Å². The molecule has 0 fully saturated rings. The Hall–Kier alpha value is -2.81. The lowest BCUT2D eigenvalue weighted by Gasteiger charge is -1.92. The molecule has 0 N–H and O–H groups in total. The molecule has 0 spiro atoms. The molecule has 0 aliphatic carbocycles. The van der Waals surface area contributed by atoms with Gasteiger partial charge in [-0.2, -0.15) is 9.78 Å². The molecule has 0 aliphatic heterocycles. The molecule has 4 rings (SSSR count). The van der Waals surface area contributed by atoms with Gasteiger partial charge in [-0.15, -0.1) is 10.2 Å². The third-order valence-corrected chi connectivity index (χ3v) is 3.45. The van der Waals surface area contributed by atoms with Gasteiger partial charge in [0.05, 0.1) is 0 Å². The number of hydrogen-bond acceptors (Lipinski definition) is 7. The predicted molar refractivity (Wildman–Crippen MR) is 82.1 cm³/mol. The van der Waals surface area contributed by atoms with E-state index < -0.39 is 0 Å². The van der Waals surface area contributed by atoms with Gasteiger partial charge < -0.3 is 8.94 Å². The molecule has 0 radical (unpaired) electrons. The van der Waals surface area contributed by atoms with E-state index in [0.717, 1.165) is 5.56 Å². The molecule has 3 heterocycles. The molecule has 0 saturated heterocycles. The summed E-state index contributed by atoms with van der Waals surface area (Å²) in [4.78, 5) is 5.65. The smallest absolute Gasteiger partial charge is 0.250 e. The Bertz CT molecular complexity index is 930. The number of rotatable bonds is 4. The summed E-state index contributed by atoms with van der Waals surface area (Å²) in [5.41, 5.74) is 0.894. The zero-order chi connectivity index (χ0) is 15.6. The first-order valence-corrected chi connectivity index (χ1v) is 7.49. The van der Waals surface area contributed by atoms with Crippen LogP contribution in [-0.4, -0.2) is 30.3 Å². The van der Waals surface area contributed by atoms with Crippen LogP contribution in [0.1, 0.15) is 5.89 Å². The Morgan fingerprint density at radius 2 is 1.91 bits per heavy atom. The summed E-state index contributed by atoms with van der Waals surface area (Å²) < 4.78 is 11.2. The molecule has 9 heteroatoms. The molecule has 0 saturated carbocycles. The zero-order valence-corrected chi connectivity index (χ0v) is 13.2. The number of tetrazole rings is 1. The molecular weight excluding hydrogens is 364 g/mol. The van der Waals surface area contributed by atoms with Crippen molar-refractivity contribution in [2.75, 3.05) is 0 Å². The lowest BCUT2D eigenvalue weighted by Crippen LogP contribution is -2.04. The second kappa shape index (κ2) is 5.76. The Kier molecular flexibility index (Phi) is 3.46. The summed E-state index contributed by atoms with van der Waals surface area (Å²) in [6.45, 7) is 0.231. The maximum absolute atomic E-state index is 5.38. The third-order valence-electron chi connectivity index (χ3n) is 3.02. The highest BCUT2D eigenvalue weighted by molar-refractivity contribution is 9.10. The van der Waals surface area contributed by atoms with E-state index in [1.165, 1.54) is 4.80 Å². The topological polar surface area (TPSA) is 95.7 Å². The average Bonchev–Trinajstić information content (AvgIpc) is 3.29. The van der Waals surface area contributed by atoms with E-state index in [2.05, 4.69) is 41.5 Å². The van der Waals surface area contributed by atoms with E-state index in [1.54, 1.807) is 12.1 Å². The summed E-state index contributed by atoms with van der Waals surface area (Å²) in [6.07, 6.45) is 0. The van der Waals surface area contributed by atoms with E-state index in [4.69, 9.17) is 8.94 Å². The van der Waals surface area contributed by atoms with Crippen LogP contribution in [0, 0.1) is 0 Å². The molecule has 0 unspecified atom stereocenters. The van der Waals surface area contributed by atoms with Gasteiger partial charge in [0.1, 0.15) is 6.54 Å². The second-order valence-corrected chi connectivity index (χ2v) is 5.41. The van der Waals surface area contributed by atoms with Gasteiger partial charge in [-0.25, -0.2) is 0 Å². The van der Waals surface area contributed by atoms with Gasteiger partial charge in [0.2, 0.25) is 11.6 Å². The highest BCUT2D eigenvalue weighted by atomic mass is 79.9. The van der Waals surface area contributed by atoms with Crippen molar-refractivity contribution in [3.8, 4) is 23.0 Å². The van der Waals surface area contributed by atoms with Crippen LogP contribution in [0.3, 0.4) is 0 Å². The summed E-state index contributed by atoms with van der Waals surface area (Å²) in [5.74, 6) is 1.79. The first-order valence-electron chi connectivity index (χ1n) is 6.69. The number of halogens is 1. The maximum atomic E-state index is 5.38. The van der Waals surface area contributed by atoms with Gasteiger partial charge >= 0.3 is 0 Å². The molecule has 0 amide bonds. The molecule has 1 aromatic carbocycles. The minimum absolute atomic E-state index is 0.231. The van der Waals surface area contributed by atoms with Crippen LogP contribution in [0.2, 0.25) is 0 Å². The highest BCUT2D eigenvalue weighted by Gasteiger charge is 2.14. The van der Waals surface area contributed by atoms with Gasteiger partial charge in [-0.3, -0.25) is 0 Å². The van der Waals surface area contributed by atoms with Crippen LogP contribution in [-0.2, 0) is 6.54 Å². The van der Waals surface area contributed by atoms with E-state index in [1.807, 2.05) is 30.3 Å². The van der Waals surface area contributed by atoms with Crippen molar-refractivity contribution in [1.82, 2.24) is 30.3 Å². The van der Waals surface area contributed by atoms with Crippen molar-refractivity contribution in [2.45, 2.75) is 6.54 Å². The summed E-state index contributed by atoms with van der Waals surface area (Å²) in [5, 5.41) is 16.2. The van der Waals surface area contributed by atoms with E-state index in [-0.39, 0.29) is 6.54 Å². The van der Waals surface area contributed by atoms with Crippen LogP contribution in [0.15, 0.2) is 56.1 Å². The monoisotopic (exact) mass is 372 g/mol. The van der Waals surface area contributed by atoms with Crippen molar-refractivity contribution in [3.05, 3.63) is 53.0 Å². The number of furan rings is 1. The number of aromatic nitrogens is 6. The van der Waals surface area contributed by atoms with Crippen molar-refractivity contribution in [2.24, 2.45) is 0 Å². The summed E-state index contributed by atoms with van der Waals surface area (Å²) >= 11 is 3.23. The van der Waals surface area contributed by atoms with Crippen LogP contribution in [0.25, 0.3) is 23.0 Å². The third kappa shape index (κ3) is 2.90. The second-order valence-electron chi connectivity index (χ2n) is 4.62. The fourth-order valence-electron chi connectivity index (χ4n) is 1.99. The lowest BCUT2D eigenvalue weighted by atomic mass is 10.2. The molecular formula is C14H9BrN6O2. The number of hydrogen-bond donors (Lipinski definition) is 0. The van der Waals surface area contributed by atoms with Gasteiger partial charge in [0.25, 0.3) is 5.89 Å². The quantitative estimate of drug-likeness (QED) is 0.543. The van der Waals surface area contributed by atoms with E-state index in [9.17, 15) is 0 Å². The van der Waals surface area contributed by atoms with Crippen LogP contribution < -0.4 is 0 Å². The predicted octanol–water partition coefficient (Wildman–Crippen LogP) is 2.79. The molecule has 0 bridgehead atoms. The fourth-order valence-corrected chi connectivity index (χ4v) is 2.29. The molecule has 3 aromatic heterocycles. The highest BCUT2D eigenvalue weighted by Crippen LogP contribution is 2.22.